The fraction of sp³-hybridized carbons (Fsp3) is 0.917. The van der Waals surface area contributed by atoms with Crippen LogP contribution in [-0.4, -0.2) is 56.6 Å². The average Bonchev–Trinajstić information content (AvgIpc) is 2.30. The highest BCUT2D eigenvalue weighted by Gasteiger charge is 2.16. The summed E-state index contributed by atoms with van der Waals surface area (Å²) in [7, 11) is 3.41. The van der Waals surface area contributed by atoms with Gasteiger partial charge in [-0.15, -0.1) is 0 Å². The number of hydrogen-bond acceptors (Lipinski definition) is 3. The molecule has 0 saturated carbocycles. The van der Waals surface area contributed by atoms with Gasteiger partial charge in [0.2, 0.25) is 0 Å². The molecule has 0 amide bonds. The average molecular weight is 262 g/mol. The van der Waals surface area contributed by atoms with Crippen LogP contribution in [0.4, 0.5) is 0 Å². The third-order valence-corrected chi connectivity index (χ3v) is 2.92. The maximum absolute atomic E-state index is 5.40. The van der Waals surface area contributed by atoms with Crippen LogP contribution in [0.25, 0.3) is 0 Å². The fourth-order valence-corrected chi connectivity index (χ4v) is 1.89. The maximum atomic E-state index is 5.40. The van der Waals surface area contributed by atoms with Crippen LogP contribution in [0.15, 0.2) is 0 Å². The summed E-state index contributed by atoms with van der Waals surface area (Å²) in [5.74, 6) is 0. The lowest BCUT2D eigenvalue weighted by Gasteiger charge is -2.31. The number of ether oxygens (including phenoxy) is 2. The molecule has 1 N–H and O–H groups in total. The number of hydrogen-bond donors (Lipinski definition) is 1. The van der Waals surface area contributed by atoms with Gasteiger partial charge in [-0.2, -0.15) is 0 Å². The third kappa shape index (κ3) is 7.52. The quantitative estimate of drug-likeness (QED) is 0.505. The molecule has 17 heavy (non-hydrogen) atoms. The SMILES string of the molecule is CCCCNC(=S)N(CCOC)C(C)COC. The van der Waals surface area contributed by atoms with Gasteiger partial charge in [-0.3, -0.25) is 0 Å². The van der Waals surface area contributed by atoms with Crippen LogP contribution in [0.5, 0.6) is 0 Å². The summed E-state index contributed by atoms with van der Waals surface area (Å²) in [6, 6.07) is 0.261. The van der Waals surface area contributed by atoms with Crippen LogP contribution in [0, 0.1) is 0 Å². The van der Waals surface area contributed by atoms with Gasteiger partial charge in [0.25, 0.3) is 0 Å². The molecule has 0 aliphatic rings. The van der Waals surface area contributed by atoms with Crippen molar-refractivity contribution in [2.24, 2.45) is 0 Å². The van der Waals surface area contributed by atoms with E-state index in [0.29, 0.717) is 13.2 Å². The standard InChI is InChI=1S/C12H26N2O2S/c1-5-6-7-13-12(17)14(8-9-15-3)11(2)10-16-4/h11H,5-10H2,1-4H3,(H,13,17). The zero-order valence-corrected chi connectivity index (χ0v) is 12.3. The minimum absolute atomic E-state index is 0.261. The van der Waals surface area contributed by atoms with Gasteiger partial charge in [0.05, 0.1) is 19.3 Å². The van der Waals surface area contributed by atoms with Crippen LogP contribution in [0.1, 0.15) is 26.7 Å². The van der Waals surface area contributed by atoms with Gasteiger partial charge in [-0.05, 0) is 25.6 Å². The van der Waals surface area contributed by atoms with Crippen molar-refractivity contribution in [1.29, 1.82) is 0 Å². The molecule has 0 bridgehead atoms. The van der Waals surface area contributed by atoms with Gasteiger partial charge in [0, 0.05) is 27.3 Å². The van der Waals surface area contributed by atoms with E-state index in [2.05, 4.69) is 24.1 Å². The first-order chi connectivity index (χ1) is 8.17. The molecule has 0 spiro atoms. The van der Waals surface area contributed by atoms with Gasteiger partial charge in [-0.25, -0.2) is 0 Å². The van der Waals surface area contributed by atoms with Gasteiger partial charge < -0.3 is 19.7 Å². The van der Waals surface area contributed by atoms with Crippen molar-refractivity contribution in [2.45, 2.75) is 32.7 Å². The second-order valence-corrected chi connectivity index (χ2v) is 4.46. The van der Waals surface area contributed by atoms with Crippen LogP contribution >= 0.6 is 12.2 Å². The number of thiocarbonyl (C=S) groups is 1. The second kappa shape index (κ2) is 10.7. The predicted molar refractivity (Wildman–Crippen MR) is 75.4 cm³/mol. The van der Waals surface area contributed by atoms with Crippen LogP contribution in [-0.2, 0) is 9.47 Å². The van der Waals surface area contributed by atoms with Crippen LogP contribution in [0.2, 0.25) is 0 Å². The molecule has 0 saturated heterocycles. The lowest BCUT2D eigenvalue weighted by atomic mass is 10.3. The molecular weight excluding hydrogens is 236 g/mol. The first-order valence-electron chi connectivity index (χ1n) is 6.19. The van der Waals surface area contributed by atoms with E-state index in [0.717, 1.165) is 24.6 Å². The Balaban J connectivity index is 4.18. The van der Waals surface area contributed by atoms with Crippen LogP contribution in [0.3, 0.4) is 0 Å². The lowest BCUT2D eigenvalue weighted by Crippen LogP contribution is -2.48. The zero-order valence-electron chi connectivity index (χ0n) is 11.5. The summed E-state index contributed by atoms with van der Waals surface area (Å²) in [5.41, 5.74) is 0. The number of unbranched alkanes of at least 4 members (excludes halogenated alkanes) is 1. The Morgan fingerprint density at radius 1 is 1.35 bits per heavy atom. The van der Waals surface area contributed by atoms with Gasteiger partial charge in [0.1, 0.15) is 0 Å². The number of rotatable bonds is 9. The molecule has 0 aliphatic heterocycles. The van der Waals surface area contributed by atoms with Crippen molar-refractivity contribution in [3.05, 3.63) is 0 Å². The van der Waals surface area contributed by atoms with Gasteiger partial charge in [-0.1, -0.05) is 13.3 Å². The van der Waals surface area contributed by atoms with E-state index >= 15 is 0 Å². The molecule has 102 valence electrons. The number of nitrogens with zero attached hydrogens (tertiary/aromatic N) is 1. The Hall–Kier alpha value is -0.390. The summed E-state index contributed by atoms with van der Waals surface area (Å²) in [5, 5.41) is 4.07. The molecule has 0 aromatic carbocycles. The Morgan fingerprint density at radius 3 is 2.59 bits per heavy atom. The molecule has 1 unspecified atom stereocenters. The molecule has 0 radical (unpaired) electrons. The fourth-order valence-electron chi connectivity index (χ4n) is 1.52. The Labute approximate surface area is 111 Å². The minimum atomic E-state index is 0.261. The second-order valence-electron chi connectivity index (χ2n) is 4.08. The molecule has 1 atom stereocenters. The topological polar surface area (TPSA) is 33.7 Å². The van der Waals surface area contributed by atoms with E-state index in [1.54, 1.807) is 14.2 Å². The molecular formula is C12H26N2O2S. The van der Waals surface area contributed by atoms with Crippen molar-refractivity contribution in [3.8, 4) is 0 Å². The Morgan fingerprint density at radius 2 is 2.06 bits per heavy atom. The monoisotopic (exact) mass is 262 g/mol. The normalized spacial score (nSPS) is 12.2. The smallest absolute Gasteiger partial charge is 0.169 e. The van der Waals surface area contributed by atoms with E-state index in [4.69, 9.17) is 21.7 Å². The molecule has 0 rings (SSSR count). The lowest BCUT2D eigenvalue weighted by molar-refractivity contribution is 0.113. The molecule has 0 aliphatic carbocycles. The Kier molecular flexibility index (Phi) is 10.5. The summed E-state index contributed by atoms with van der Waals surface area (Å²) in [6.07, 6.45) is 2.30. The molecule has 0 aromatic heterocycles. The largest absolute Gasteiger partial charge is 0.383 e. The summed E-state index contributed by atoms with van der Waals surface area (Å²) < 4.78 is 10.3. The highest BCUT2D eigenvalue weighted by atomic mass is 32.1. The van der Waals surface area contributed by atoms with Gasteiger partial charge >= 0.3 is 0 Å². The van der Waals surface area contributed by atoms with E-state index in [1.165, 1.54) is 6.42 Å². The van der Waals surface area contributed by atoms with Crippen molar-refractivity contribution in [3.63, 3.8) is 0 Å². The minimum Gasteiger partial charge on any atom is -0.383 e. The van der Waals surface area contributed by atoms with E-state index < -0.39 is 0 Å². The van der Waals surface area contributed by atoms with Gasteiger partial charge in [0.15, 0.2) is 5.11 Å². The number of methoxy groups -OCH3 is 2. The molecule has 0 heterocycles. The van der Waals surface area contributed by atoms with Crippen molar-refractivity contribution in [2.75, 3.05) is 40.5 Å². The van der Waals surface area contributed by atoms with Crippen molar-refractivity contribution in [1.82, 2.24) is 10.2 Å². The first-order valence-corrected chi connectivity index (χ1v) is 6.60. The van der Waals surface area contributed by atoms with E-state index in [-0.39, 0.29) is 6.04 Å². The third-order valence-electron chi connectivity index (χ3n) is 2.54. The van der Waals surface area contributed by atoms with Crippen molar-refractivity contribution < 1.29 is 9.47 Å². The van der Waals surface area contributed by atoms with E-state index in [9.17, 15) is 0 Å². The first kappa shape index (κ1) is 16.6. The van der Waals surface area contributed by atoms with E-state index in [1.807, 2.05) is 0 Å². The summed E-state index contributed by atoms with van der Waals surface area (Å²) in [4.78, 5) is 2.12. The highest BCUT2D eigenvalue weighted by molar-refractivity contribution is 7.80. The molecule has 0 aromatic rings. The summed E-state index contributed by atoms with van der Waals surface area (Å²) in [6.45, 7) is 7.33. The molecule has 5 heteroatoms. The maximum Gasteiger partial charge on any atom is 0.169 e. The predicted octanol–water partition coefficient (Wildman–Crippen LogP) is 1.64. The number of nitrogens with one attached hydrogen (secondary N) is 1. The molecule has 4 nitrogen and oxygen atoms in total. The van der Waals surface area contributed by atoms with Crippen LogP contribution < -0.4 is 5.32 Å². The van der Waals surface area contributed by atoms with Crippen molar-refractivity contribution >= 4 is 17.3 Å². The highest BCUT2D eigenvalue weighted by Crippen LogP contribution is 2.01. The zero-order chi connectivity index (χ0) is 13.1. The molecule has 0 fully saturated rings. The Bertz CT molecular complexity index is 203. The summed E-state index contributed by atoms with van der Waals surface area (Å²) >= 11 is 5.40.